The van der Waals surface area contributed by atoms with Crippen LogP contribution in [-0.2, 0) is 6.42 Å². The number of hydrogen-bond donors (Lipinski definition) is 3. The number of aliphatic hydroxyl groups is 1. The molecule has 0 aromatic heterocycles. The minimum atomic E-state index is -0.683. The summed E-state index contributed by atoms with van der Waals surface area (Å²) in [7, 11) is 0. The lowest BCUT2D eigenvalue weighted by Crippen LogP contribution is -2.50. The Hall–Kier alpha value is -1.91. The molecule has 152 valence electrons. The first kappa shape index (κ1) is 19.1. The first-order chi connectivity index (χ1) is 13.9. The first-order valence-corrected chi connectivity index (χ1v) is 11.5. The zero-order valence-electron chi connectivity index (χ0n) is 16.8. The number of phenolic OH excluding ortho intramolecular Hbond substituents is 2. The fourth-order valence-electron chi connectivity index (χ4n) is 6.05. The second-order valence-electron chi connectivity index (χ2n) is 9.23. The van der Waals surface area contributed by atoms with Gasteiger partial charge in [0.15, 0.2) is 0 Å². The lowest BCUT2D eigenvalue weighted by Gasteiger charge is -2.49. The van der Waals surface area contributed by atoms with Gasteiger partial charge in [0.25, 0.3) is 0 Å². The quantitative estimate of drug-likeness (QED) is 0.596. The van der Waals surface area contributed by atoms with Gasteiger partial charge in [-0.1, -0.05) is 19.1 Å². The van der Waals surface area contributed by atoms with E-state index in [1.807, 2.05) is 18.2 Å². The standard InChI is InChI=1S/C25H28O3S/c1-24-12-10-21-20-9-5-18(27)14-16(20)2-8-22(21)23(24)11-13-25(24,28)15-29-19-6-3-17(26)4-7-19/h3-7,9-10,14,22-23,26-28H,2,8,11-13,15H2,1H3/t22?,23?,24-,25+/m0/s1. The Morgan fingerprint density at radius 2 is 1.79 bits per heavy atom. The topological polar surface area (TPSA) is 60.7 Å². The van der Waals surface area contributed by atoms with Crippen molar-refractivity contribution in [1.82, 2.24) is 0 Å². The Bertz CT molecular complexity index is 967. The lowest BCUT2D eigenvalue weighted by molar-refractivity contribution is -0.0574. The van der Waals surface area contributed by atoms with Crippen LogP contribution in [0.25, 0.3) is 5.57 Å². The minimum Gasteiger partial charge on any atom is -0.508 e. The Kier molecular flexibility index (Phi) is 4.48. The predicted molar refractivity (Wildman–Crippen MR) is 117 cm³/mol. The van der Waals surface area contributed by atoms with E-state index < -0.39 is 5.60 Å². The Balaban J connectivity index is 1.41. The molecule has 2 unspecified atom stereocenters. The maximum Gasteiger partial charge on any atom is 0.115 e. The van der Waals surface area contributed by atoms with Gasteiger partial charge in [-0.15, -0.1) is 11.8 Å². The average molecular weight is 409 g/mol. The van der Waals surface area contributed by atoms with Crippen molar-refractivity contribution in [3.63, 3.8) is 0 Å². The van der Waals surface area contributed by atoms with Crippen molar-refractivity contribution >= 4 is 17.3 Å². The van der Waals surface area contributed by atoms with Crippen LogP contribution in [0.5, 0.6) is 11.5 Å². The molecule has 2 aromatic carbocycles. The van der Waals surface area contributed by atoms with E-state index in [0.29, 0.717) is 23.3 Å². The van der Waals surface area contributed by atoms with Gasteiger partial charge >= 0.3 is 0 Å². The molecule has 0 saturated heterocycles. The molecular formula is C25H28O3S. The van der Waals surface area contributed by atoms with Gasteiger partial charge in [-0.2, -0.15) is 0 Å². The number of aryl methyl sites for hydroxylation is 1. The second kappa shape index (κ2) is 6.82. The van der Waals surface area contributed by atoms with E-state index in [1.165, 1.54) is 16.7 Å². The number of thioether (sulfide) groups is 1. The van der Waals surface area contributed by atoms with Crippen molar-refractivity contribution in [1.29, 1.82) is 0 Å². The largest absolute Gasteiger partial charge is 0.508 e. The van der Waals surface area contributed by atoms with Crippen molar-refractivity contribution in [2.24, 2.45) is 17.3 Å². The number of aromatic hydroxyl groups is 2. The highest BCUT2D eigenvalue weighted by molar-refractivity contribution is 7.99. The molecule has 0 bridgehead atoms. The van der Waals surface area contributed by atoms with Crippen LogP contribution < -0.4 is 0 Å². The van der Waals surface area contributed by atoms with Crippen LogP contribution in [0.3, 0.4) is 0 Å². The van der Waals surface area contributed by atoms with E-state index >= 15 is 0 Å². The molecule has 3 aliphatic carbocycles. The van der Waals surface area contributed by atoms with Gasteiger partial charge in [-0.25, -0.2) is 0 Å². The monoisotopic (exact) mass is 408 g/mol. The molecule has 1 saturated carbocycles. The molecule has 0 aliphatic heterocycles. The summed E-state index contributed by atoms with van der Waals surface area (Å²) in [6, 6.07) is 13.0. The number of benzene rings is 2. The number of allylic oxidation sites excluding steroid dienone is 2. The van der Waals surface area contributed by atoms with Crippen LogP contribution >= 0.6 is 11.8 Å². The number of fused-ring (bicyclic) bond motifs is 5. The van der Waals surface area contributed by atoms with Gasteiger partial charge in [0, 0.05) is 16.1 Å². The van der Waals surface area contributed by atoms with Crippen LogP contribution in [0.1, 0.15) is 43.7 Å². The SMILES string of the molecule is C[C@]12CC=C3c4ccc(O)cc4CCC3C1CC[C@@]2(O)CSc1ccc(O)cc1. The summed E-state index contributed by atoms with van der Waals surface area (Å²) < 4.78 is 0. The predicted octanol–water partition coefficient (Wildman–Crippen LogP) is 5.39. The van der Waals surface area contributed by atoms with E-state index in [2.05, 4.69) is 19.1 Å². The van der Waals surface area contributed by atoms with E-state index in [1.54, 1.807) is 30.0 Å². The van der Waals surface area contributed by atoms with Crippen molar-refractivity contribution in [3.05, 3.63) is 59.7 Å². The molecule has 3 N–H and O–H groups in total. The van der Waals surface area contributed by atoms with Gasteiger partial charge < -0.3 is 15.3 Å². The summed E-state index contributed by atoms with van der Waals surface area (Å²) in [6.45, 7) is 2.29. The van der Waals surface area contributed by atoms with Gasteiger partial charge in [0.05, 0.1) is 5.60 Å². The van der Waals surface area contributed by atoms with Crippen molar-refractivity contribution < 1.29 is 15.3 Å². The van der Waals surface area contributed by atoms with E-state index in [9.17, 15) is 15.3 Å². The summed E-state index contributed by atoms with van der Waals surface area (Å²) in [6.07, 6.45) is 7.29. The van der Waals surface area contributed by atoms with Crippen LogP contribution in [0.15, 0.2) is 53.4 Å². The molecule has 1 fully saturated rings. The first-order valence-electron chi connectivity index (χ1n) is 10.6. The molecule has 3 aliphatic rings. The number of phenols is 2. The molecule has 4 heteroatoms. The zero-order chi connectivity index (χ0) is 20.2. The minimum absolute atomic E-state index is 0.112. The third kappa shape index (κ3) is 3.00. The smallest absolute Gasteiger partial charge is 0.115 e. The summed E-state index contributed by atoms with van der Waals surface area (Å²) in [5.41, 5.74) is 3.20. The van der Waals surface area contributed by atoms with Gasteiger partial charge in [-0.05, 0) is 97.0 Å². The molecule has 2 aromatic rings. The van der Waals surface area contributed by atoms with Gasteiger partial charge in [0.2, 0.25) is 0 Å². The van der Waals surface area contributed by atoms with E-state index in [0.717, 1.165) is 37.0 Å². The average Bonchev–Trinajstić information content (AvgIpc) is 2.98. The molecule has 0 heterocycles. The molecule has 4 atom stereocenters. The highest BCUT2D eigenvalue weighted by Crippen LogP contribution is 2.63. The Morgan fingerprint density at radius 3 is 2.59 bits per heavy atom. The Morgan fingerprint density at radius 1 is 1.03 bits per heavy atom. The van der Waals surface area contributed by atoms with E-state index in [4.69, 9.17) is 0 Å². The molecule has 3 nitrogen and oxygen atoms in total. The zero-order valence-corrected chi connectivity index (χ0v) is 17.6. The summed E-state index contributed by atoms with van der Waals surface area (Å²) in [5, 5.41) is 31.1. The van der Waals surface area contributed by atoms with Gasteiger partial charge in [0.1, 0.15) is 11.5 Å². The molecule has 5 rings (SSSR count). The van der Waals surface area contributed by atoms with Crippen LogP contribution in [0, 0.1) is 17.3 Å². The fourth-order valence-corrected chi connectivity index (χ4v) is 7.26. The molecule has 29 heavy (non-hydrogen) atoms. The van der Waals surface area contributed by atoms with Crippen LogP contribution in [-0.4, -0.2) is 26.7 Å². The van der Waals surface area contributed by atoms with Crippen LogP contribution in [0.4, 0.5) is 0 Å². The van der Waals surface area contributed by atoms with Crippen molar-refractivity contribution in [2.45, 2.75) is 49.5 Å². The summed E-state index contributed by atoms with van der Waals surface area (Å²) >= 11 is 1.69. The van der Waals surface area contributed by atoms with Crippen molar-refractivity contribution in [3.8, 4) is 11.5 Å². The van der Waals surface area contributed by atoms with Crippen molar-refractivity contribution in [2.75, 3.05) is 5.75 Å². The maximum absolute atomic E-state index is 11.8. The number of hydrogen-bond acceptors (Lipinski definition) is 4. The lowest BCUT2D eigenvalue weighted by atomic mass is 9.57. The third-order valence-corrected chi connectivity index (χ3v) is 9.05. The molecular weight excluding hydrogens is 380 g/mol. The molecule has 0 amide bonds. The summed E-state index contributed by atoms with van der Waals surface area (Å²) in [5.74, 6) is 2.31. The highest BCUT2D eigenvalue weighted by atomic mass is 32.2. The molecule has 0 spiro atoms. The Labute approximate surface area is 176 Å². The maximum atomic E-state index is 11.8. The fraction of sp³-hybridized carbons (Fsp3) is 0.440. The van der Waals surface area contributed by atoms with Gasteiger partial charge in [-0.3, -0.25) is 0 Å². The number of rotatable bonds is 3. The second-order valence-corrected chi connectivity index (χ2v) is 10.3. The highest BCUT2D eigenvalue weighted by Gasteiger charge is 2.59. The van der Waals surface area contributed by atoms with E-state index in [-0.39, 0.29) is 11.2 Å². The normalized spacial score (nSPS) is 32.8. The van der Waals surface area contributed by atoms with Crippen LogP contribution in [0.2, 0.25) is 0 Å². The molecule has 0 radical (unpaired) electrons. The summed E-state index contributed by atoms with van der Waals surface area (Å²) in [4.78, 5) is 1.08. The third-order valence-electron chi connectivity index (χ3n) is 7.82.